The normalized spacial score (nSPS) is 10.7. The Balaban J connectivity index is 1.68. The molecule has 0 spiro atoms. The van der Waals surface area contributed by atoms with Crippen LogP contribution >= 0.6 is 0 Å². The molecule has 1 N–H and O–H groups in total. The molecule has 0 radical (unpaired) electrons. The van der Waals surface area contributed by atoms with Gasteiger partial charge in [-0.05, 0) is 53.2 Å². The Morgan fingerprint density at radius 1 is 0.897 bits per heavy atom. The zero-order valence-electron chi connectivity index (χ0n) is 16.5. The Bertz CT molecular complexity index is 1010. The second kappa shape index (κ2) is 9.45. The smallest absolute Gasteiger partial charge is 0.277 e. The number of hydrazone groups is 1. The number of carbonyl (C=O) groups excluding carboxylic acids is 1. The van der Waals surface area contributed by atoms with Gasteiger partial charge in [-0.3, -0.25) is 4.79 Å². The number of hydrogen-bond donors (Lipinski definition) is 1. The monoisotopic (exact) mass is 394 g/mol. The lowest BCUT2D eigenvalue weighted by atomic mass is 10.0. The molecule has 0 aliphatic carbocycles. The number of benzene rings is 3. The molecule has 0 heterocycles. The Hall–Kier alpha value is -3.74. The summed E-state index contributed by atoms with van der Waals surface area (Å²) in [7, 11) is 4.78. The Labute approximate surface area is 168 Å². The van der Waals surface area contributed by atoms with Gasteiger partial charge in [-0.25, -0.2) is 5.43 Å². The number of nitrogens with zero attached hydrogens (tertiary/aromatic N) is 1. The van der Waals surface area contributed by atoms with Crippen LogP contribution in [0.1, 0.15) is 5.56 Å². The summed E-state index contributed by atoms with van der Waals surface area (Å²) < 4.78 is 21.2. The first-order valence-corrected chi connectivity index (χ1v) is 8.88. The van der Waals surface area contributed by atoms with Crippen molar-refractivity contribution < 1.29 is 23.7 Å². The second-order valence-electron chi connectivity index (χ2n) is 6.03. The quantitative estimate of drug-likeness (QED) is 0.468. The summed E-state index contributed by atoms with van der Waals surface area (Å²) in [5, 5.41) is 5.95. The van der Waals surface area contributed by atoms with Gasteiger partial charge in [0.15, 0.2) is 6.61 Å². The largest absolute Gasteiger partial charge is 0.497 e. The first kappa shape index (κ1) is 20.0. The molecule has 0 aliphatic rings. The van der Waals surface area contributed by atoms with E-state index in [0.29, 0.717) is 17.2 Å². The average molecular weight is 394 g/mol. The summed E-state index contributed by atoms with van der Waals surface area (Å²) >= 11 is 0. The van der Waals surface area contributed by atoms with Crippen molar-refractivity contribution in [3.63, 3.8) is 0 Å². The van der Waals surface area contributed by atoms with Gasteiger partial charge in [0.25, 0.3) is 5.91 Å². The maximum atomic E-state index is 12.0. The molecule has 3 aromatic rings. The molecule has 0 aliphatic heterocycles. The van der Waals surface area contributed by atoms with E-state index in [0.717, 1.165) is 22.1 Å². The second-order valence-corrected chi connectivity index (χ2v) is 6.03. The van der Waals surface area contributed by atoms with Crippen molar-refractivity contribution in [2.45, 2.75) is 0 Å². The number of hydrogen-bond acceptors (Lipinski definition) is 6. The lowest BCUT2D eigenvalue weighted by molar-refractivity contribution is -0.123. The van der Waals surface area contributed by atoms with Crippen molar-refractivity contribution in [3.05, 3.63) is 60.2 Å². The minimum absolute atomic E-state index is 0.163. The fourth-order valence-corrected chi connectivity index (χ4v) is 2.76. The third kappa shape index (κ3) is 4.95. The average Bonchev–Trinajstić information content (AvgIpc) is 2.77. The summed E-state index contributed by atoms with van der Waals surface area (Å²) in [6.45, 7) is -0.163. The van der Waals surface area contributed by atoms with Crippen molar-refractivity contribution >= 4 is 22.9 Å². The zero-order chi connectivity index (χ0) is 20.6. The molecule has 0 aromatic heterocycles. The molecule has 3 aromatic carbocycles. The topological polar surface area (TPSA) is 78.4 Å². The highest BCUT2D eigenvalue weighted by molar-refractivity contribution is 6.03. The molecule has 0 bridgehead atoms. The number of amides is 1. The Kier molecular flexibility index (Phi) is 6.52. The molecule has 0 unspecified atom stereocenters. The van der Waals surface area contributed by atoms with Crippen LogP contribution in [0, 0.1) is 0 Å². The van der Waals surface area contributed by atoms with Crippen molar-refractivity contribution in [2.75, 3.05) is 27.9 Å². The lowest BCUT2D eigenvalue weighted by Crippen LogP contribution is -2.24. The molecule has 0 saturated carbocycles. The minimum atomic E-state index is -0.381. The molecule has 0 fully saturated rings. The summed E-state index contributed by atoms with van der Waals surface area (Å²) in [4.78, 5) is 12.0. The van der Waals surface area contributed by atoms with Crippen molar-refractivity contribution in [1.29, 1.82) is 0 Å². The fourth-order valence-electron chi connectivity index (χ4n) is 2.76. The van der Waals surface area contributed by atoms with Crippen LogP contribution in [0.3, 0.4) is 0 Å². The first-order chi connectivity index (χ1) is 14.1. The molecule has 29 heavy (non-hydrogen) atoms. The fraction of sp³-hybridized carbons (Fsp3) is 0.182. The number of carbonyl (C=O) groups is 1. The molecule has 3 rings (SSSR count). The maximum absolute atomic E-state index is 12.0. The van der Waals surface area contributed by atoms with Gasteiger partial charge in [0.05, 0.1) is 27.5 Å². The lowest BCUT2D eigenvalue weighted by Gasteiger charge is -2.10. The summed E-state index contributed by atoms with van der Waals surface area (Å²) in [6.07, 6.45) is 1.55. The molecule has 150 valence electrons. The number of nitrogens with one attached hydrogen (secondary N) is 1. The van der Waals surface area contributed by atoms with Gasteiger partial charge >= 0.3 is 0 Å². The summed E-state index contributed by atoms with van der Waals surface area (Å²) in [5.41, 5.74) is 3.20. The molecule has 7 nitrogen and oxygen atoms in total. The number of fused-ring (bicyclic) bond motifs is 1. The van der Waals surface area contributed by atoms with Crippen molar-refractivity contribution in [2.24, 2.45) is 5.10 Å². The molecular weight excluding hydrogens is 372 g/mol. The highest BCUT2D eigenvalue weighted by Gasteiger charge is 2.08. The highest BCUT2D eigenvalue weighted by Crippen LogP contribution is 2.29. The van der Waals surface area contributed by atoms with E-state index in [1.807, 2.05) is 30.3 Å². The van der Waals surface area contributed by atoms with E-state index in [2.05, 4.69) is 10.5 Å². The number of ether oxygens (including phenoxy) is 4. The van der Waals surface area contributed by atoms with Crippen LogP contribution in [-0.2, 0) is 4.79 Å². The van der Waals surface area contributed by atoms with Gasteiger partial charge < -0.3 is 18.9 Å². The molecular formula is C22H22N2O5. The van der Waals surface area contributed by atoms with E-state index in [9.17, 15) is 4.79 Å². The van der Waals surface area contributed by atoms with Crippen molar-refractivity contribution in [1.82, 2.24) is 5.43 Å². The predicted molar refractivity (Wildman–Crippen MR) is 111 cm³/mol. The third-order valence-electron chi connectivity index (χ3n) is 4.26. The van der Waals surface area contributed by atoms with Crippen LogP contribution in [0.25, 0.3) is 10.8 Å². The molecule has 7 heteroatoms. The van der Waals surface area contributed by atoms with E-state index in [4.69, 9.17) is 18.9 Å². The van der Waals surface area contributed by atoms with Gasteiger partial charge in [-0.1, -0.05) is 12.1 Å². The van der Waals surface area contributed by atoms with Gasteiger partial charge in [-0.15, -0.1) is 0 Å². The van der Waals surface area contributed by atoms with Crippen LogP contribution in [-0.4, -0.2) is 40.1 Å². The van der Waals surface area contributed by atoms with Crippen LogP contribution in [0.2, 0.25) is 0 Å². The standard InChI is InChI=1S/C22H22N2O5/c1-26-16-7-9-17(10-8-16)29-14-22(25)24-23-13-20-19-12-18(27-2)6-4-15(19)5-11-21(20)28-3/h4-13H,14H2,1-3H3,(H,24,25)/b23-13+. The zero-order valence-corrected chi connectivity index (χ0v) is 16.5. The molecule has 1 amide bonds. The molecule has 0 atom stereocenters. The van der Waals surface area contributed by atoms with Gasteiger partial charge in [-0.2, -0.15) is 5.10 Å². The Morgan fingerprint density at radius 3 is 2.24 bits per heavy atom. The summed E-state index contributed by atoms with van der Waals surface area (Å²) in [5.74, 6) is 2.25. The van der Waals surface area contributed by atoms with Crippen LogP contribution < -0.4 is 24.4 Å². The first-order valence-electron chi connectivity index (χ1n) is 8.88. The minimum Gasteiger partial charge on any atom is -0.497 e. The molecule has 0 saturated heterocycles. The maximum Gasteiger partial charge on any atom is 0.277 e. The Morgan fingerprint density at radius 2 is 1.55 bits per heavy atom. The summed E-state index contributed by atoms with van der Waals surface area (Å²) in [6, 6.07) is 16.5. The number of rotatable bonds is 8. The highest BCUT2D eigenvalue weighted by atomic mass is 16.5. The van der Waals surface area contributed by atoms with Gasteiger partial charge in [0, 0.05) is 5.56 Å². The van der Waals surface area contributed by atoms with Crippen molar-refractivity contribution in [3.8, 4) is 23.0 Å². The van der Waals surface area contributed by atoms with Gasteiger partial charge in [0.1, 0.15) is 23.0 Å². The van der Waals surface area contributed by atoms with E-state index >= 15 is 0 Å². The van der Waals surface area contributed by atoms with Crippen LogP contribution in [0.15, 0.2) is 59.7 Å². The number of methoxy groups -OCH3 is 3. The van der Waals surface area contributed by atoms with E-state index in [1.54, 1.807) is 51.8 Å². The van der Waals surface area contributed by atoms with Crippen LogP contribution in [0.4, 0.5) is 0 Å². The predicted octanol–water partition coefficient (Wildman–Crippen LogP) is 3.39. The van der Waals surface area contributed by atoms with Gasteiger partial charge in [0.2, 0.25) is 0 Å². The van der Waals surface area contributed by atoms with E-state index in [-0.39, 0.29) is 12.5 Å². The third-order valence-corrected chi connectivity index (χ3v) is 4.26. The van der Waals surface area contributed by atoms with Crippen LogP contribution in [0.5, 0.6) is 23.0 Å². The SMILES string of the molecule is COc1ccc(OCC(=O)N/N=C/c2c(OC)ccc3ccc(OC)cc23)cc1. The van der Waals surface area contributed by atoms with E-state index < -0.39 is 0 Å². The van der Waals surface area contributed by atoms with E-state index in [1.165, 1.54) is 0 Å².